The average molecular weight is 1090 g/mol. The van der Waals surface area contributed by atoms with Gasteiger partial charge in [0.2, 0.25) is 53.2 Å². The lowest BCUT2D eigenvalue weighted by atomic mass is 10.00. The predicted octanol–water partition coefficient (Wildman–Crippen LogP) is -3.51. The second kappa shape index (κ2) is 33.6. The van der Waals surface area contributed by atoms with Gasteiger partial charge in [-0.3, -0.25) is 58.5 Å². The number of aliphatic imine (C=N–C) groups is 2. The summed E-state index contributed by atoms with van der Waals surface area (Å²) in [5.74, 6) is -7.10. The SMILES string of the molecule is C=Cc1c(C[C@@H]2NC(O)[C@H](CCCN=C(N)N)NC(=O)[C@@H](Cc3ccccc3)NC(=O)[C@H](CCNC(C)=O)NC(=O)[C@@H](NC(=O)[C@H](CCCN=C(N)N)NC(C)=O)CCC(=O)NCCC[C@@H](C(N)=O)NC2=O)c[nH]c1/C=C\C. The quantitative estimate of drug-likeness (QED) is 0.0328. The van der Waals surface area contributed by atoms with E-state index in [9.17, 15) is 48.3 Å². The molecule has 1 aliphatic heterocycles. The highest BCUT2D eigenvalue weighted by molar-refractivity contribution is 5.96. The normalized spacial score (nSPS) is 21.7. The van der Waals surface area contributed by atoms with Crippen LogP contribution in [0, 0.1) is 0 Å². The number of nitrogens with zero attached hydrogens (tertiary/aromatic N) is 2. The molecule has 1 saturated heterocycles. The van der Waals surface area contributed by atoms with Gasteiger partial charge in [-0.15, -0.1) is 0 Å². The van der Waals surface area contributed by atoms with Crippen LogP contribution in [0.2, 0.25) is 0 Å². The van der Waals surface area contributed by atoms with Crippen LogP contribution in [-0.4, -0.2) is 150 Å². The number of primary amides is 1. The van der Waals surface area contributed by atoms with E-state index in [2.05, 4.69) is 69.4 Å². The number of carbonyl (C=O) groups excluding carboxylic acids is 9. The van der Waals surface area contributed by atoms with E-state index in [0.29, 0.717) is 22.4 Å². The number of amides is 9. The molecule has 0 saturated carbocycles. The maximum absolute atomic E-state index is 14.7. The lowest BCUT2D eigenvalue weighted by Crippen LogP contribution is -2.61. The van der Waals surface area contributed by atoms with Gasteiger partial charge in [0.05, 0.1) is 12.1 Å². The number of benzene rings is 1. The van der Waals surface area contributed by atoms with E-state index in [0.717, 1.165) is 0 Å². The fraction of sp³-hybridized carbons (Fsp3) is 0.510. The fourth-order valence-corrected chi connectivity index (χ4v) is 8.37. The van der Waals surface area contributed by atoms with Crippen LogP contribution in [0.3, 0.4) is 0 Å². The second-order valence-electron chi connectivity index (χ2n) is 18.6. The van der Waals surface area contributed by atoms with E-state index in [-0.39, 0.29) is 109 Å². The summed E-state index contributed by atoms with van der Waals surface area (Å²) in [6.07, 6.45) is 4.55. The Balaban J connectivity index is 2.19. The molecule has 1 aliphatic rings. The molecule has 0 radical (unpaired) electrons. The van der Waals surface area contributed by atoms with Crippen LogP contribution in [-0.2, 0) is 56.0 Å². The first kappa shape index (κ1) is 64.0. The molecule has 2 aromatic rings. The van der Waals surface area contributed by atoms with E-state index >= 15 is 0 Å². The molecule has 3 rings (SSSR count). The van der Waals surface area contributed by atoms with E-state index < -0.39 is 102 Å². The number of rotatable bonds is 21. The molecule has 21 N–H and O–H groups in total. The first-order valence-electron chi connectivity index (χ1n) is 25.8. The molecule has 27 heteroatoms. The molecule has 27 nitrogen and oxygen atoms in total. The van der Waals surface area contributed by atoms with Crippen molar-refractivity contribution in [2.24, 2.45) is 38.7 Å². The molecule has 1 aromatic heterocycles. The van der Waals surface area contributed by atoms with Gasteiger partial charge in [0.25, 0.3) is 0 Å². The van der Waals surface area contributed by atoms with Crippen molar-refractivity contribution in [2.45, 2.75) is 140 Å². The maximum atomic E-state index is 14.7. The molecule has 1 unspecified atom stereocenters. The molecule has 1 aromatic carbocycles. The molecule has 0 bridgehead atoms. The first-order valence-corrected chi connectivity index (χ1v) is 25.8. The number of allylic oxidation sites excluding steroid dienone is 1. The van der Waals surface area contributed by atoms with Crippen LogP contribution in [0.1, 0.15) is 101 Å². The van der Waals surface area contributed by atoms with E-state index in [4.69, 9.17) is 28.7 Å². The highest BCUT2D eigenvalue weighted by Crippen LogP contribution is 2.20. The monoisotopic (exact) mass is 1090 g/mol. The van der Waals surface area contributed by atoms with Gasteiger partial charge in [-0.1, -0.05) is 49.1 Å². The van der Waals surface area contributed by atoms with Crippen molar-refractivity contribution in [2.75, 3.05) is 26.2 Å². The zero-order chi connectivity index (χ0) is 57.7. The highest BCUT2D eigenvalue weighted by Gasteiger charge is 2.35. The molecular weight excluding hydrogens is 1010 g/mol. The Morgan fingerprint density at radius 2 is 1.46 bits per heavy atom. The summed E-state index contributed by atoms with van der Waals surface area (Å²) in [6.45, 7) is 8.20. The lowest BCUT2D eigenvalue weighted by Gasteiger charge is -2.31. The molecule has 1 fully saturated rings. The summed E-state index contributed by atoms with van der Waals surface area (Å²) in [4.78, 5) is 134. The lowest BCUT2D eigenvalue weighted by molar-refractivity contribution is -0.135. The number of aliphatic hydroxyl groups excluding tert-OH is 1. The number of nitrogens with two attached hydrogens (primary N) is 5. The third-order valence-electron chi connectivity index (χ3n) is 12.3. The number of aromatic nitrogens is 1. The molecule has 8 atom stereocenters. The van der Waals surface area contributed by atoms with Crippen molar-refractivity contribution in [1.82, 2.24) is 52.8 Å². The summed E-state index contributed by atoms with van der Waals surface area (Å²) in [5.41, 5.74) is 30.4. The number of hydrogen-bond donors (Lipinski definition) is 16. The van der Waals surface area contributed by atoms with Crippen molar-refractivity contribution in [3.63, 3.8) is 0 Å². The van der Waals surface area contributed by atoms with Crippen molar-refractivity contribution in [3.8, 4) is 0 Å². The highest BCUT2D eigenvalue weighted by atomic mass is 16.3. The number of guanidine groups is 2. The van der Waals surface area contributed by atoms with Gasteiger partial charge < -0.3 is 81.3 Å². The minimum Gasteiger partial charge on any atom is -0.376 e. The van der Waals surface area contributed by atoms with Crippen molar-refractivity contribution >= 4 is 77.2 Å². The molecule has 78 heavy (non-hydrogen) atoms. The number of aliphatic hydroxyl groups is 1. The predicted molar refractivity (Wildman–Crippen MR) is 293 cm³/mol. The molecule has 428 valence electrons. The smallest absolute Gasteiger partial charge is 0.243 e. The molecule has 9 amide bonds. The number of hydrogen-bond acceptors (Lipinski definition) is 13. The number of H-pyrrole nitrogens is 1. The Labute approximate surface area is 453 Å². The van der Waals surface area contributed by atoms with Gasteiger partial charge in [-0.05, 0) is 81.9 Å². The minimum atomic E-state index is -1.71. The Bertz CT molecular complexity index is 2460. The van der Waals surface area contributed by atoms with Gasteiger partial charge >= 0.3 is 0 Å². The summed E-state index contributed by atoms with van der Waals surface area (Å²) in [5, 5.41) is 36.3. The molecule has 0 spiro atoms. The largest absolute Gasteiger partial charge is 0.376 e. The Morgan fingerprint density at radius 1 is 0.808 bits per heavy atom. The van der Waals surface area contributed by atoms with Crippen LogP contribution in [0.4, 0.5) is 0 Å². The van der Waals surface area contributed by atoms with Gasteiger partial charge in [0.1, 0.15) is 36.4 Å². The van der Waals surface area contributed by atoms with Crippen LogP contribution in [0.5, 0.6) is 0 Å². The fourth-order valence-electron chi connectivity index (χ4n) is 8.37. The topological polar surface area (TPSA) is 453 Å². The number of carbonyl (C=O) groups is 9. The molecule has 2 heterocycles. The number of nitrogens with one attached hydrogen (secondary N) is 10. The summed E-state index contributed by atoms with van der Waals surface area (Å²) < 4.78 is 0. The molecular formula is C51H79N17O10. The van der Waals surface area contributed by atoms with E-state index in [1.165, 1.54) is 13.8 Å². The third-order valence-corrected chi connectivity index (χ3v) is 12.3. The summed E-state index contributed by atoms with van der Waals surface area (Å²) in [7, 11) is 0. The first-order chi connectivity index (χ1) is 37.1. The van der Waals surface area contributed by atoms with Crippen LogP contribution >= 0.6 is 0 Å². The Morgan fingerprint density at radius 3 is 2.09 bits per heavy atom. The second-order valence-corrected chi connectivity index (χ2v) is 18.6. The standard InChI is InChI=1S/C51H79N17O10/c1-5-13-34-33(6-2)32(28-61-34)27-41-49(78)63-35(43(52)72)16-10-22-58-42(71)20-19-38(65-44(73)36(62-30(4)70)17-11-23-59-50(53)54)46(75)66-39(21-25-57-29(3)69)47(76)67-40(26-31-14-8-7-9-15-31)48(77)64-37(45(74)68-41)18-12-24-60-51(55)56/h5-9,13-15,28,35-41,45,61,68,74H,2,10-12,16-27H2,1,3-4H3,(H2,52,72)(H,57,69)(H,58,71)(H,62,70)(H,63,78)(H,64,77)(H,65,73)(H,66,75)(H,67,76)(H4,53,54,59)(H4,55,56,60)/b13-5-/t35-,36-,37-,38-,39-,40+,41-,45?/m0/s1. The van der Waals surface area contributed by atoms with E-state index in [1.54, 1.807) is 54.8 Å². The third kappa shape index (κ3) is 23.3. The maximum Gasteiger partial charge on any atom is 0.243 e. The zero-order valence-electron chi connectivity index (χ0n) is 44.5. The van der Waals surface area contributed by atoms with Crippen LogP contribution < -0.4 is 76.5 Å². The Kier molecular flexibility index (Phi) is 27.6. The van der Waals surface area contributed by atoms with Gasteiger partial charge in [-0.2, -0.15) is 0 Å². The van der Waals surface area contributed by atoms with Crippen molar-refractivity contribution < 1.29 is 48.3 Å². The Hall–Kier alpha value is -8.33. The van der Waals surface area contributed by atoms with Crippen molar-refractivity contribution in [3.05, 3.63) is 71.6 Å². The van der Waals surface area contributed by atoms with Gasteiger partial charge in [0.15, 0.2) is 11.9 Å². The van der Waals surface area contributed by atoms with Crippen LogP contribution in [0.15, 0.2) is 59.2 Å². The minimum absolute atomic E-state index is 0.00172. The van der Waals surface area contributed by atoms with Crippen molar-refractivity contribution in [1.29, 1.82) is 0 Å². The summed E-state index contributed by atoms with van der Waals surface area (Å²) >= 11 is 0. The molecule has 0 aliphatic carbocycles. The number of aromatic amines is 1. The van der Waals surface area contributed by atoms with Crippen LogP contribution in [0.25, 0.3) is 12.2 Å². The zero-order valence-corrected chi connectivity index (χ0v) is 44.5. The van der Waals surface area contributed by atoms with Gasteiger partial charge in [0, 0.05) is 70.3 Å². The summed E-state index contributed by atoms with van der Waals surface area (Å²) in [6, 6.07) is -0.785. The van der Waals surface area contributed by atoms with Gasteiger partial charge in [-0.25, -0.2) is 0 Å². The average Bonchev–Trinajstić information content (AvgIpc) is 3.77. The van der Waals surface area contributed by atoms with E-state index in [1.807, 2.05) is 6.92 Å².